The number of ether oxygens (including phenoxy) is 3. The largest absolute Gasteiger partial charge is 0.462 e. The molecule has 0 fully saturated rings. The van der Waals surface area contributed by atoms with Gasteiger partial charge in [0.05, 0.1) is 0 Å². The summed E-state index contributed by atoms with van der Waals surface area (Å²) in [6.45, 7) is 6.60. The van der Waals surface area contributed by atoms with Gasteiger partial charge in [0.2, 0.25) is 0 Å². The van der Waals surface area contributed by atoms with Gasteiger partial charge in [-0.1, -0.05) is 378 Å². The summed E-state index contributed by atoms with van der Waals surface area (Å²) in [5.74, 6) is -0.859. The zero-order chi connectivity index (χ0) is 59.2. The number of hydrogen-bond acceptors (Lipinski definition) is 6. The average Bonchev–Trinajstić information content (AvgIpc) is 3.48. The molecule has 482 valence electrons. The summed E-state index contributed by atoms with van der Waals surface area (Å²) in [6.07, 6.45) is 89.2. The summed E-state index contributed by atoms with van der Waals surface area (Å²) >= 11 is 0. The molecule has 0 bridgehead atoms. The van der Waals surface area contributed by atoms with Gasteiger partial charge in [-0.2, -0.15) is 0 Å². The Labute approximate surface area is 512 Å². The van der Waals surface area contributed by atoms with E-state index in [0.29, 0.717) is 19.3 Å². The van der Waals surface area contributed by atoms with E-state index in [0.717, 1.165) is 96.3 Å². The number of esters is 3. The summed E-state index contributed by atoms with van der Waals surface area (Å²) in [4.78, 5) is 38.4. The second-order valence-corrected chi connectivity index (χ2v) is 25.2. The highest BCUT2D eigenvalue weighted by molar-refractivity contribution is 5.71. The predicted octanol–water partition coefficient (Wildman–Crippen LogP) is 25.5. The van der Waals surface area contributed by atoms with E-state index in [1.807, 2.05) is 0 Å². The molecule has 0 heterocycles. The Balaban J connectivity index is 4.13. The molecule has 0 saturated carbocycles. The first-order valence-corrected chi connectivity index (χ1v) is 37.0. The van der Waals surface area contributed by atoms with Gasteiger partial charge in [-0.15, -0.1) is 0 Å². The maximum atomic E-state index is 12.9. The van der Waals surface area contributed by atoms with Crippen LogP contribution in [0, 0.1) is 0 Å². The van der Waals surface area contributed by atoms with Gasteiger partial charge in [0.15, 0.2) is 6.10 Å². The van der Waals surface area contributed by atoms with Gasteiger partial charge in [-0.3, -0.25) is 14.4 Å². The van der Waals surface area contributed by atoms with E-state index >= 15 is 0 Å². The monoisotopic (exact) mass is 1150 g/mol. The van der Waals surface area contributed by atoms with E-state index in [-0.39, 0.29) is 31.1 Å². The molecule has 0 rings (SSSR count). The molecule has 0 aliphatic rings. The molecule has 0 aliphatic heterocycles. The molecule has 6 nitrogen and oxygen atoms in total. The standard InChI is InChI=1S/C76H142O6/c1-4-7-10-13-16-19-22-25-28-30-31-32-33-34-35-36-37-38-39-40-41-42-43-44-46-48-51-54-57-60-63-66-69-75(78)81-72-73(71-80-74(77)68-65-62-59-56-53-50-47-27-24-21-18-15-12-9-6-3)82-76(79)70-67-64-61-58-55-52-49-45-29-26-23-20-17-14-11-8-5-2/h9,12,18,21,27,47,73H,4-8,10-11,13-17,19-20,22-26,28-46,48-72H2,1-3H3/b12-9-,21-18-,47-27-. The van der Waals surface area contributed by atoms with Crippen molar-refractivity contribution in [2.24, 2.45) is 0 Å². The molecule has 0 saturated heterocycles. The van der Waals surface area contributed by atoms with Crippen molar-refractivity contribution >= 4 is 17.9 Å². The van der Waals surface area contributed by atoms with Crippen molar-refractivity contribution in [3.05, 3.63) is 36.5 Å². The van der Waals surface area contributed by atoms with Crippen molar-refractivity contribution in [2.45, 2.75) is 419 Å². The second-order valence-electron chi connectivity index (χ2n) is 25.2. The zero-order valence-corrected chi connectivity index (χ0v) is 55.5. The highest BCUT2D eigenvalue weighted by atomic mass is 16.6. The highest BCUT2D eigenvalue weighted by Gasteiger charge is 2.20. The number of carbonyl (C=O) groups is 3. The molecule has 0 aromatic rings. The average molecular weight is 1150 g/mol. The molecule has 0 radical (unpaired) electrons. The first kappa shape index (κ1) is 79.6. The Morgan fingerprint density at radius 1 is 0.256 bits per heavy atom. The molecule has 0 N–H and O–H groups in total. The fraction of sp³-hybridized carbons (Fsp3) is 0.882. The molecular formula is C76H142O6. The Morgan fingerprint density at radius 2 is 0.476 bits per heavy atom. The molecule has 6 heteroatoms. The molecule has 82 heavy (non-hydrogen) atoms. The van der Waals surface area contributed by atoms with Crippen molar-refractivity contribution < 1.29 is 28.6 Å². The Bertz CT molecular complexity index is 1370. The van der Waals surface area contributed by atoms with Crippen LogP contribution in [0.5, 0.6) is 0 Å². The molecule has 0 aliphatic carbocycles. The minimum Gasteiger partial charge on any atom is -0.462 e. The number of rotatable bonds is 69. The summed E-state index contributed by atoms with van der Waals surface area (Å²) < 4.78 is 17.0. The summed E-state index contributed by atoms with van der Waals surface area (Å²) in [5, 5.41) is 0. The number of unbranched alkanes of at least 4 members (excludes halogenated alkanes) is 52. The lowest BCUT2D eigenvalue weighted by Crippen LogP contribution is -2.30. The topological polar surface area (TPSA) is 78.9 Å². The van der Waals surface area contributed by atoms with Crippen LogP contribution in [0.3, 0.4) is 0 Å². The van der Waals surface area contributed by atoms with E-state index in [1.165, 1.54) is 276 Å². The van der Waals surface area contributed by atoms with Crippen LogP contribution in [-0.4, -0.2) is 37.2 Å². The number of carbonyl (C=O) groups excluding carboxylic acids is 3. The molecular weight excluding hydrogens is 1010 g/mol. The quantitative estimate of drug-likeness (QED) is 0.0261. The zero-order valence-electron chi connectivity index (χ0n) is 55.5. The van der Waals surface area contributed by atoms with Gasteiger partial charge in [0.1, 0.15) is 13.2 Å². The number of allylic oxidation sites excluding steroid dienone is 6. The van der Waals surface area contributed by atoms with Crippen LogP contribution in [-0.2, 0) is 28.6 Å². The molecule has 1 unspecified atom stereocenters. The van der Waals surface area contributed by atoms with Crippen LogP contribution in [0.25, 0.3) is 0 Å². The highest BCUT2D eigenvalue weighted by Crippen LogP contribution is 2.19. The fourth-order valence-corrected chi connectivity index (χ4v) is 11.4. The summed E-state index contributed by atoms with van der Waals surface area (Å²) in [7, 11) is 0. The minimum absolute atomic E-state index is 0.0719. The normalized spacial score (nSPS) is 12.2. The number of hydrogen-bond donors (Lipinski definition) is 0. The van der Waals surface area contributed by atoms with Gasteiger partial charge in [0, 0.05) is 19.3 Å². The predicted molar refractivity (Wildman–Crippen MR) is 358 cm³/mol. The van der Waals surface area contributed by atoms with Crippen LogP contribution in [0.1, 0.15) is 412 Å². The molecule has 0 spiro atoms. The van der Waals surface area contributed by atoms with Crippen molar-refractivity contribution in [2.75, 3.05) is 13.2 Å². The smallest absolute Gasteiger partial charge is 0.306 e. The van der Waals surface area contributed by atoms with Crippen LogP contribution in [0.15, 0.2) is 36.5 Å². The van der Waals surface area contributed by atoms with E-state index in [2.05, 4.69) is 57.2 Å². The van der Waals surface area contributed by atoms with Crippen molar-refractivity contribution in [3.63, 3.8) is 0 Å². The first-order chi connectivity index (χ1) is 40.5. The van der Waals surface area contributed by atoms with E-state index in [9.17, 15) is 14.4 Å². The second kappa shape index (κ2) is 71.1. The van der Waals surface area contributed by atoms with E-state index < -0.39 is 6.10 Å². The van der Waals surface area contributed by atoms with Crippen LogP contribution in [0.4, 0.5) is 0 Å². The Morgan fingerprint density at radius 3 is 0.744 bits per heavy atom. The molecule has 0 aromatic heterocycles. The van der Waals surface area contributed by atoms with Crippen LogP contribution in [0.2, 0.25) is 0 Å². The van der Waals surface area contributed by atoms with Gasteiger partial charge < -0.3 is 14.2 Å². The molecule has 0 amide bonds. The first-order valence-electron chi connectivity index (χ1n) is 37.0. The van der Waals surface area contributed by atoms with Gasteiger partial charge in [-0.25, -0.2) is 0 Å². The summed E-state index contributed by atoms with van der Waals surface area (Å²) in [5.41, 5.74) is 0. The lowest BCUT2D eigenvalue weighted by Gasteiger charge is -2.18. The maximum Gasteiger partial charge on any atom is 0.306 e. The van der Waals surface area contributed by atoms with Crippen molar-refractivity contribution in [1.29, 1.82) is 0 Å². The Kier molecular flexibility index (Phi) is 69.1. The van der Waals surface area contributed by atoms with Gasteiger partial charge in [-0.05, 0) is 51.4 Å². The summed E-state index contributed by atoms with van der Waals surface area (Å²) in [6, 6.07) is 0. The van der Waals surface area contributed by atoms with Crippen molar-refractivity contribution in [1.82, 2.24) is 0 Å². The third kappa shape index (κ3) is 68.4. The maximum absolute atomic E-state index is 12.9. The lowest BCUT2D eigenvalue weighted by molar-refractivity contribution is -0.167. The third-order valence-corrected chi connectivity index (χ3v) is 16.9. The molecule has 1 atom stereocenters. The fourth-order valence-electron chi connectivity index (χ4n) is 11.4. The minimum atomic E-state index is -0.777. The van der Waals surface area contributed by atoms with Crippen LogP contribution < -0.4 is 0 Å². The van der Waals surface area contributed by atoms with Gasteiger partial charge >= 0.3 is 17.9 Å². The van der Waals surface area contributed by atoms with E-state index in [1.54, 1.807) is 0 Å². The third-order valence-electron chi connectivity index (χ3n) is 16.9. The lowest BCUT2D eigenvalue weighted by atomic mass is 10.0. The molecule has 0 aromatic carbocycles. The SMILES string of the molecule is CC/C=C\C/C=C\C/C=C\CCCCCCCC(=O)OCC(COC(=O)CCCCCCCCCCCCCCCCCCCCCCCCCCCCCCCCCC)OC(=O)CCCCCCCCCCCCCCCCCCC. The van der Waals surface area contributed by atoms with E-state index in [4.69, 9.17) is 14.2 Å². The van der Waals surface area contributed by atoms with Crippen molar-refractivity contribution in [3.8, 4) is 0 Å². The van der Waals surface area contributed by atoms with Crippen LogP contribution >= 0.6 is 0 Å². The van der Waals surface area contributed by atoms with Gasteiger partial charge in [0.25, 0.3) is 0 Å². The Hall–Kier alpha value is -2.37.